The lowest BCUT2D eigenvalue weighted by atomic mass is 9.88. The van der Waals surface area contributed by atoms with Crippen molar-refractivity contribution >= 4 is 29.3 Å². The van der Waals surface area contributed by atoms with Gasteiger partial charge in [0, 0.05) is 54.8 Å². The summed E-state index contributed by atoms with van der Waals surface area (Å²) in [6.45, 7) is 5.74. The smallest absolute Gasteiger partial charge is 0.243 e. The van der Waals surface area contributed by atoms with Crippen LogP contribution in [-0.4, -0.2) is 72.1 Å². The first-order valence-corrected chi connectivity index (χ1v) is 19.6. The summed E-state index contributed by atoms with van der Waals surface area (Å²) < 4.78 is 6.11. The fourth-order valence-corrected chi connectivity index (χ4v) is 7.20. The second kappa shape index (κ2) is 19.7. The van der Waals surface area contributed by atoms with Crippen molar-refractivity contribution in [2.45, 2.75) is 65.0 Å². The monoisotopic (exact) mass is 785 g/mol. The number of likely N-dealkylation sites (N-methyl/N-ethyl adjacent to an activating group) is 1. The first kappa shape index (κ1) is 42.8. The van der Waals surface area contributed by atoms with Crippen LogP contribution >= 0.6 is 0 Å². The molecule has 0 fully saturated rings. The molecule has 302 valence electrons. The maximum atomic E-state index is 14.5. The number of nitrogens with one attached hydrogen (secondary N) is 2. The van der Waals surface area contributed by atoms with Gasteiger partial charge in [-0.15, -0.1) is 0 Å². The number of hydrogen-bond acceptors (Lipinski definition) is 9. The van der Waals surface area contributed by atoms with E-state index in [1.165, 1.54) is 18.0 Å². The van der Waals surface area contributed by atoms with Crippen LogP contribution in [0, 0.1) is 30.1 Å². The van der Waals surface area contributed by atoms with Gasteiger partial charge in [0.15, 0.2) is 11.6 Å². The zero-order chi connectivity index (χ0) is 41.9. The van der Waals surface area contributed by atoms with Crippen molar-refractivity contribution in [1.82, 2.24) is 15.5 Å². The van der Waals surface area contributed by atoms with Gasteiger partial charge >= 0.3 is 0 Å². The molecular formula is C46H51N5O7. The normalized spacial score (nSPS) is 17.2. The molecule has 5 N–H and O–H groups in total. The molecule has 4 bridgehead atoms. The second-order valence-electron chi connectivity index (χ2n) is 14.9. The topological polar surface area (TPSA) is 192 Å². The zero-order valence-corrected chi connectivity index (χ0v) is 33.4. The van der Waals surface area contributed by atoms with E-state index in [2.05, 4.69) is 10.6 Å². The average molecular weight is 786 g/mol. The highest BCUT2D eigenvalue weighted by Crippen LogP contribution is 2.40. The Kier molecular flexibility index (Phi) is 14.5. The number of phenols is 1. The van der Waals surface area contributed by atoms with Crippen molar-refractivity contribution in [3.8, 4) is 39.8 Å². The summed E-state index contributed by atoms with van der Waals surface area (Å²) in [6.07, 6.45) is 0.463. The number of carbonyl (C=O) groups excluding carboxylic acids is 5. The number of Topliss-reactive ketones (excluding diaryl/α,β-unsaturated/α-hetero) is 2. The molecule has 0 radical (unpaired) electrons. The van der Waals surface area contributed by atoms with Gasteiger partial charge in [-0.3, -0.25) is 24.0 Å². The molecule has 5 rings (SSSR count). The van der Waals surface area contributed by atoms with Crippen molar-refractivity contribution in [3.05, 3.63) is 107 Å². The number of phenolic OH excluding ortho intramolecular Hbond substituents is 1. The standard InChI is InChI=1S/C46H51N5O7/c1-5-22-58-42-17-15-34-26-37(42)36-24-30(8-16-39(36)52)25-38(45(56)49-21-20-48)50-44(55)29(3)23-41(54)43(34)51(4)46(57)35(18-19-47)27-40(53)33-13-11-32(12-14-33)31-9-6-28(2)7-10-31/h6-17,24,26,29,35,38,43,52H,5,18-19,21-23,25,27,47H2,1-4H3,(H,49,56)(H,50,55)/t29-,35-,38+,43+/m1/s1. The Bertz CT molecular complexity index is 2180. The third kappa shape index (κ3) is 10.3. The first-order chi connectivity index (χ1) is 27.8. The quantitative estimate of drug-likeness (QED) is 0.0953. The fraction of sp³-hybridized carbons (Fsp3) is 0.348. The largest absolute Gasteiger partial charge is 0.507 e. The summed E-state index contributed by atoms with van der Waals surface area (Å²) in [5.74, 6) is -3.79. The molecule has 0 saturated heterocycles. The van der Waals surface area contributed by atoms with E-state index >= 15 is 0 Å². The molecule has 1 aliphatic heterocycles. The number of rotatable bonds is 13. The SMILES string of the molecule is CCCOc1ccc2cc1-c1cc(ccc1O)C[C@@H](C(=O)NCC#N)NC(=O)[C@H](C)CC(=O)[C@H]2N(C)C(=O)[C@H](CCN)CC(=O)c1ccc(-c2ccc(C)cc2)cc1. The molecule has 0 spiro atoms. The number of ketones is 2. The average Bonchev–Trinajstić information content (AvgIpc) is 3.22. The molecule has 12 heteroatoms. The lowest BCUT2D eigenvalue weighted by Gasteiger charge is -2.32. The van der Waals surface area contributed by atoms with Gasteiger partial charge < -0.3 is 31.1 Å². The van der Waals surface area contributed by atoms with E-state index in [1.807, 2.05) is 56.3 Å². The molecule has 0 aromatic heterocycles. The predicted molar refractivity (Wildman–Crippen MR) is 221 cm³/mol. The number of aromatic hydroxyl groups is 1. The number of nitrogens with two attached hydrogens (primary N) is 1. The molecular weight excluding hydrogens is 735 g/mol. The molecule has 4 atom stereocenters. The van der Waals surface area contributed by atoms with Gasteiger partial charge in [0.2, 0.25) is 17.7 Å². The predicted octanol–water partition coefficient (Wildman–Crippen LogP) is 5.84. The maximum Gasteiger partial charge on any atom is 0.243 e. The van der Waals surface area contributed by atoms with Crippen molar-refractivity contribution in [2.75, 3.05) is 26.7 Å². The first-order valence-electron chi connectivity index (χ1n) is 19.6. The summed E-state index contributed by atoms with van der Waals surface area (Å²) in [4.78, 5) is 70.8. The number of amides is 3. The Morgan fingerprint density at radius 1 is 0.983 bits per heavy atom. The minimum absolute atomic E-state index is 0.0276. The van der Waals surface area contributed by atoms with E-state index in [0.717, 1.165) is 16.7 Å². The molecule has 4 aromatic carbocycles. The van der Waals surface area contributed by atoms with E-state index in [0.29, 0.717) is 46.6 Å². The molecule has 0 aliphatic carbocycles. The number of carbonyl (C=O) groups is 5. The van der Waals surface area contributed by atoms with Gasteiger partial charge in [0.1, 0.15) is 30.1 Å². The van der Waals surface area contributed by atoms with Gasteiger partial charge in [-0.05, 0) is 72.8 Å². The van der Waals surface area contributed by atoms with Crippen LogP contribution < -0.4 is 21.1 Å². The van der Waals surface area contributed by atoms with Crippen LogP contribution in [0.3, 0.4) is 0 Å². The molecule has 0 saturated carbocycles. The number of nitriles is 1. The van der Waals surface area contributed by atoms with Crippen LogP contribution in [0.2, 0.25) is 0 Å². The molecule has 58 heavy (non-hydrogen) atoms. The second-order valence-corrected chi connectivity index (χ2v) is 14.9. The number of benzene rings is 4. The Morgan fingerprint density at radius 3 is 2.33 bits per heavy atom. The lowest BCUT2D eigenvalue weighted by molar-refractivity contribution is -0.142. The summed E-state index contributed by atoms with van der Waals surface area (Å²) >= 11 is 0. The van der Waals surface area contributed by atoms with E-state index in [-0.39, 0.29) is 50.3 Å². The Balaban J connectivity index is 1.53. The van der Waals surface area contributed by atoms with E-state index in [9.17, 15) is 29.1 Å². The molecule has 4 aromatic rings. The molecule has 3 amide bonds. The van der Waals surface area contributed by atoms with Crippen LogP contribution in [0.4, 0.5) is 0 Å². The molecule has 1 heterocycles. The van der Waals surface area contributed by atoms with E-state index in [4.69, 9.17) is 15.7 Å². The minimum atomic E-state index is -1.21. The van der Waals surface area contributed by atoms with Crippen molar-refractivity contribution < 1.29 is 33.8 Å². The number of fused-ring (bicyclic) bond motifs is 5. The highest BCUT2D eigenvalue weighted by atomic mass is 16.5. The van der Waals surface area contributed by atoms with Crippen LogP contribution in [0.5, 0.6) is 11.5 Å². The van der Waals surface area contributed by atoms with Crippen LogP contribution in [-0.2, 0) is 25.6 Å². The van der Waals surface area contributed by atoms with E-state index in [1.54, 1.807) is 49.4 Å². The third-order valence-electron chi connectivity index (χ3n) is 10.4. The zero-order valence-electron chi connectivity index (χ0n) is 33.4. The van der Waals surface area contributed by atoms with E-state index < -0.39 is 47.4 Å². The fourth-order valence-electron chi connectivity index (χ4n) is 7.20. The van der Waals surface area contributed by atoms with Gasteiger partial charge in [-0.2, -0.15) is 5.26 Å². The number of ether oxygens (including phenoxy) is 1. The number of hydrogen-bond donors (Lipinski definition) is 4. The van der Waals surface area contributed by atoms with Gasteiger partial charge in [0.05, 0.1) is 12.7 Å². The Labute approximate surface area is 339 Å². The molecule has 12 nitrogen and oxygen atoms in total. The number of nitrogens with zero attached hydrogens (tertiary/aromatic N) is 2. The Morgan fingerprint density at radius 2 is 1.67 bits per heavy atom. The highest BCUT2D eigenvalue weighted by molar-refractivity contribution is 6.00. The van der Waals surface area contributed by atoms with Gasteiger partial charge in [-0.1, -0.05) is 80.1 Å². The van der Waals surface area contributed by atoms with Crippen LogP contribution in [0.25, 0.3) is 22.3 Å². The minimum Gasteiger partial charge on any atom is -0.507 e. The summed E-state index contributed by atoms with van der Waals surface area (Å²) in [7, 11) is 1.50. The molecule has 0 unspecified atom stereocenters. The summed E-state index contributed by atoms with van der Waals surface area (Å²) in [6, 6.07) is 24.7. The van der Waals surface area contributed by atoms with Gasteiger partial charge in [-0.25, -0.2) is 0 Å². The number of aryl methyl sites for hydroxylation is 1. The summed E-state index contributed by atoms with van der Waals surface area (Å²) in [5.41, 5.74) is 11.3. The maximum absolute atomic E-state index is 14.5. The van der Waals surface area contributed by atoms with Gasteiger partial charge in [0.25, 0.3) is 0 Å². The van der Waals surface area contributed by atoms with Crippen LogP contribution in [0.1, 0.15) is 72.6 Å². The van der Waals surface area contributed by atoms with Crippen molar-refractivity contribution in [1.29, 1.82) is 5.26 Å². The summed E-state index contributed by atoms with van der Waals surface area (Å²) in [5, 5.41) is 25.5. The third-order valence-corrected chi connectivity index (χ3v) is 10.4. The highest BCUT2D eigenvalue weighted by Gasteiger charge is 2.36. The Hall–Kier alpha value is -6.32. The lowest BCUT2D eigenvalue weighted by Crippen LogP contribution is -2.50. The van der Waals surface area contributed by atoms with Crippen LogP contribution in [0.15, 0.2) is 84.9 Å². The molecule has 1 aliphatic rings. The van der Waals surface area contributed by atoms with Crippen molar-refractivity contribution in [3.63, 3.8) is 0 Å². The van der Waals surface area contributed by atoms with Crippen molar-refractivity contribution in [2.24, 2.45) is 17.6 Å².